The number of hydrogen-bond donors (Lipinski definition) is 1. The zero-order valence-electron chi connectivity index (χ0n) is 11.7. The van der Waals surface area contributed by atoms with Crippen molar-refractivity contribution in [2.24, 2.45) is 10.7 Å². The lowest BCUT2D eigenvalue weighted by Crippen LogP contribution is -2.37. The summed E-state index contributed by atoms with van der Waals surface area (Å²) in [5.74, 6) is 0.371. The van der Waals surface area contributed by atoms with Gasteiger partial charge in [-0.25, -0.2) is 4.39 Å². The summed E-state index contributed by atoms with van der Waals surface area (Å²) in [6, 6.07) is 17.1. The number of benzene rings is 2. The van der Waals surface area contributed by atoms with Crippen LogP contribution in [0.2, 0.25) is 0 Å². The zero-order valence-corrected chi connectivity index (χ0v) is 11.7. The Balaban J connectivity index is 1.71. The van der Waals surface area contributed by atoms with E-state index in [2.05, 4.69) is 22.0 Å². The van der Waals surface area contributed by atoms with E-state index in [1.54, 1.807) is 12.1 Å². The molecule has 0 aliphatic carbocycles. The summed E-state index contributed by atoms with van der Waals surface area (Å²) in [5.41, 5.74) is 8.19. The van der Waals surface area contributed by atoms with Gasteiger partial charge in [0.2, 0.25) is 0 Å². The number of guanidine groups is 1. The molecule has 2 aromatic rings. The Bertz CT molecular complexity index is 639. The van der Waals surface area contributed by atoms with Gasteiger partial charge in [0.15, 0.2) is 5.96 Å². The Morgan fingerprint density at radius 1 is 1.14 bits per heavy atom. The molecule has 2 N–H and O–H groups in total. The van der Waals surface area contributed by atoms with Crippen LogP contribution in [0.15, 0.2) is 59.6 Å². The summed E-state index contributed by atoms with van der Waals surface area (Å²) in [7, 11) is 0. The molecule has 1 unspecified atom stereocenters. The molecule has 1 heterocycles. The number of aliphatic imine (C=N–C) groups is 1. The van der Waals surface area contributed by atoms with E-state index in [0.717, 1.165) is 18.5 Å². The Morgan fingerprint density at radius 3 is 2.71 bits per heavy atom. The second kappa shape index (κ2) is 5.95. The van der Waals surface area contributed by atoms with Gasteiger partial charge in [-0.15, -0.1) is 0 Å². The van der Waals surface area contributed by atoms with E-state index < -0.39 is 0 Å². The molecule has 3 nitrogen and oxygen atoms in total. The van der Waals surface area contributed by atoms with Crippen LogP contribution < -0.4 is 5.73 Å². The van der Waals surface area contributed by atoms with Gasteiger partial charge in [0.1, 0.15) is 5.82 Å². The summed E-state index contributed by atoms with van der Waals surface area (Å²) in [6.45, 7) is 1.41. The van der Waals surface area contributed by atoms with Gasteiger partial charge in [0, 0.05) is 6.54 Å². The number of rotatable bonds is 4. The van der Waals surface area contributed by atoms with E-state index in [4.69, 9.17) is 5.73 Å². The zero-order chi connectivity index (χ0) is 14.7. The molecular weight excluding hydrogens is 265 g/mol. The summed E-state index contributed by atoms with van der Waals surface area (Å²) < 4.78 is 13.2. The van der Waals surface area contributed by atoms with Crippen LogP contribution in [0.3, 0.4) is 0 Å². The lowest BCUT2D eigenvalue weighted by molar-refractivity contribution is 0.350. The maximum Gasteiger partial charge on any atom is 0.191 e. The molecule has 0 spiro atoms. The van der Waals surface area contributed by atoms with E-state index in [1.807, 2.05) is 24.3 Å². The van der Waals surface area contributed by atoms with E-state index in [9.17, 15) is 4.39 Å². The molecule has 3 rings (SSSR count). The quantitative estimate of drug-likeness (QED) is 0.937. The van der Waals surface area contributed by atoms with Crippen LogP contribution in [0.5, 0.6) is 0 Å². The third-order valence-electron chi connectivity index (χ3n) is 3.81. The third kappa shape index (κ3) is 3.05. The van der Waals surface area contributed by atoms with Crippen molar-refractivity contribution >= 4 is 5.96 Å². The first-order chi connectivity index (χ1) is 10.2. The van der Waals surface area contributed by atoms with Crippen LogP contribution >= 0.6 is 0 Å². The standard InChI is InChI=1S/C17H18FN3/c18-15-8-4-5-13(11-15)9-10-21-16(12-20-17(21)19)14-6-2-1-3-7-14/h1-8,11,16H,9-10,12H2,(H2,19,20). The minimum atomic E-state index is -0.199. The number of hydrogen-bond acceptors (Lipinski definition) is 3. The largest absolute Gasteiger partial charge is 0.370 e. The summed E-state index contributed by atoms with van der Waals surface area (Å²) in [4.78, 5) is 6.45. The molecule has 108 valence electrons. The van der Waals surface area contributed by atoms with Gasteiger partial charge < -0.3 is 10.6 Å². The second-order valence-electron chi connectivity index (χ2n) is 5.20. The van der Waals surface area contributed by atoms with Gasteiger partial charge in [-0.1, -0.05) is 42.5 Å². The third-order valence-corrected chi connectivity index (χ3v) is 3.81. The van der Waals surface area contributed by atoms with Gasteiger partial charge >= 0.3 is 0 Å². The van der Waals surface area contributed by atoms with Crippen molar-refractivity contribution in [1.82, 2.24) is 4.90 Å². The lowest BCUT2D eigenvalue weighted by Gasteiger charge is -2.26. The van der Waals surface area contributed by atoms with E-state index in [0.29, 0.717) is 12.5 Å². The van der Waals surface area contributed by atoms with Crippen LogP contribution in [-0.4, -0.2) is 23.9 Å². The molecule has 0 aromatic heterocycles. The fraction of sp³-hybridized carbons (Fsp3) is 0.235. The van der Waals surface area contributed by atoms with Crippen molar-refractivity contribution in [1.29, 1.82) is 0 Å². The fourth-order valence-electron chi connectivity index (χ4n) is 2.70. The fourth-order valence-corrected chi connectivity index (χ4v) is 2.70. The molecule has 0 saturated heterocycles. The smallest absolute Gasteiger partial charge is 0.191 e. The van der Waals surface area contributed by atoms with Gasteiger partial charge in [-0.3, -0.25) is 4.99 Å². The summed E-state index contributed by atoms with van der Waals surface area (Å²) in [6.07, 6.45) is 0.747. The highest BCUT2D eigenvalue weighted by Crippen LogP contribution is 2.25. The van der Waals surface area contributed by atoms with Gasteiger partial charge in [0.25, 0.3) is 0 Å². The van der Waals surface area contributed by atoms with Crippen molar-refractivity contribution < 1.29 is 4.39 Å². The molecule has 21 heavy (non-hydrogen) atoms. The Kier molecular flexibility index (Phi) is 3.86. The molecule has 0 amide bonds. The molecule has 4 heteroatoms. The van der Waals surface area contributed by atoms with E-state index >= 15 is 0 Å². The Morgan fingerprint density at radius 2 is 1.95 bits per heavy atom. The molecule has 1 atom stereocenters. The summed E-state index contributed by atoms with van der Waals surface area (Å²) >= 11 is 0. The molecule has 1 aliphatic rings. The van der Waals surface area contributed by atoms with Crippen LogP contribution in [0, 0.1) is 5.82 Å². The van der Waals surface area contributed by atoms with Gasteiger partial charge in [-0.2, -0.15) is 0 Å². The monoisotopic (exact) mass is 283 g/mol. The topological polar surface area (TPSA) is 41.6 Å². The predicted molar refractivity (Wildman–Crippen MR) is 82.5 cm³/mol. The first-order valence-electron chi connectivity index (χ1n) is 7.10. The van der Waals surface area contributed by atoms with Crippen molar-refractivity contribution in [2.45, 2.75) is 12.5 Å². The molecule has 0 fully saturated rings. The maximum atomic E-state index is 13.2. The highest BCUT2D eigenvalue weighted by molar-refractivity contribution is 5.80. The lowest BCUT2D eigenvalue weighted by atomic mass is 10.1. The SMILES string of the molecule is NC1=NCC(c2ccccc2)N1CCc1cccc(F)c1. The molecule has 1 aliphatic heterocycles. The molecule has 2 aromatic carbocycles. The van der Waals surface area contributed by atoms with Crippen LogP contribution in [0.1, 0.15) is 17.2 Å². The van der Waals surface area contributed by atoms with Crippen LogP contribution in [0.25, 0.3) is 0 Å². The highest BCUT2D eigenvalue weighted by Gasteiger charge is 2.26. The highest BCUT2D eigenvalue weighted by atomic mass is 19.1. The van der Waals surface area contributed by atoms with Gasteiger partial charge in [0.05, 0.1) is 12.6 Å². The molecule has 0 saturated carbocycles. The number of halogens is 1. The predicted octanol–water partition coefficient (Wildman–Crippen LogP) is 2.74. The van der Waals surface area contributed by atoms with E-state index in [1.165, 1.54) is 11.6 Å². The van der Waals surface area contributed by atoms with Gasteiger partial charge in [-0.05, 0) is 29.7 Å². The van der Waals surface area contributed by atoms with Crippen LogP contribution in [-0.2, 0) is 6.42 Å². The molecular formula is C17H18FN3. The average Bonchev–Trinajstić information content (AvgIpc) is 2.87. The molecule has 0 bridgehead atoms. The number of nitrogens with two attached hydrogens (primary N) is 1. The number of nitrogens with zero attached hydrogens (tertiary/aromatic N) is 2. The van der Waals surface area contributed by atoms with Crippen molar-refractivity contribution in [3.63, 3.8) is 0 Å². The summed E-state index contributed by atoms with van der Waals surface area (Å²) in [5, 5.41) is 0. The van der Waals surface area contributed by atoms with Crippen molar-refractivity contribution in [3.8, 4) is 0 Å². The first kappa shape index (κ1) is 13.6. The normalized spacial score (nSPS) is 17.9. The van der Waals surface area contributed by atoms with Crippen molar-refractivity contribution in [2.75, 3.05) is 13.1 Å². The first-order valence-corrected chi connectivity index (χ1v) is 7.10. The minimum Gasteiger partial charge on any atom is -0.370 e. The Labute approximate surface area is 123 Å². The minimum absolute atomic E-state index is 0.180. The second-order valence-corrected chi connectivity index (χ2v) is 5.20. The van der Waals surface area contributed by atoms with E-state index in [-0.39, 0.29) is 11.9 Å². The maximum absolute atomic E-state index is 13.2. The molecule has 0 radical (unpaired) electrons. The van der Waals surface area contributed by atoms with Crippen LogP contribution in [0.4, 0.5) is 4.39 Å². The Hall–Kier alpha value is -2.36. The average molecular weight is 283 g/mol. The van der Waals surface area contributed by atoms with Crippen molar-refractivity contribution in [3.05, 3.63) is 71.5 Å².